The third-order valence-corrected chi connectivity index (χ3v) is 5.90. The fourth-order valence-electron chi connectivity index (χ4n) is 2.50. The molecule has 1 N–H and O–H groups in total. The normalized spacial score (nSPS) is 24.1. The van der Waals surface area contributed by atoms with Crippen LogP contribution in [0.1, 0.15) is 25.7 Å². The molecule has 1 fully saturated rings. The van der Waals surface area contributed by atoms with Crippen LogP contribution in [0.2, 0.25) is 5.02 Å². The Hall–Kier alpha value is -0.690. The van der Waals surface area contributed by atoms with Gasteiger partial charge < -0.3 is 5.11 Å². The number of hydrogen-bond acceptors (Lipinski definition) is 3. The first kappa shape index (κ1) is 15.7. The van der Waals surface area contributed by atoms with E-state index in [0.717, 1.165) is 25.0 Å². The average molecular weight is 322 g/mol. The van der Waals surface area contributed by atoms with Gasteiger partial charge in [-0.15, -0.1) is 0 Å². The molecule has 0 aliphatic heterocycles. The lowest BCUT2D eigenvalue weighted by molar-refractivity contribution is 0.0638. The number of hydrogen-bond donors (Lipinski definition) is 1. The standard InChI is InChI=1S/C13H17ClFNO3S/c1-16(12-4-2-3-5-13(12)17)20(18,19)9-6-7-11(15)10(14)8-9/h6-8,12-13,17H,2-5H2,1H3. The molecule has 0 bridgehead atoms. The third-order valence-electron chi connectivity index (χ3n) is 3.73. The van der Waals surface area contributed by atoms with Gasteiger partial charge in [0, 0.05) is 7.05 Å². The molecule has 0 aromatic heterocycles. The zero-order valence-electron chi connectivity index (χ0n) is 11.1. The predicted molar refractivity (Wildman–Crippen MR) is 74.6 cm³/mol. The van der Waals surface area contributed by atoms with Crippen molar-refractivity contribution in [3.63, 3.8) is 0 Å². The molecule has 1 aromatic rings. The molecule has 0 radical (unpaired) electrons. The molecule has 1 aliphatic rings. The Bertz CT molecular complexity index is 593. The van der Waals surface area contributed by atoms with Gasteiger partial charge in [0.25, 0.3) is 0 Å². The Labute approximate surface area is 123 Å². The summed E-state index contributed by atoms with van der Waals surface area (Å²) >= 11 is 5.63. The molecule has 2 unspecified atom stereocenters. The smallest absolute Gasteiger partial charge is 0.243 e. The summed E-state index contributed by atoms with van der Waals surface area (Å²) in [6.07, 6.45) is 2.32. The Morgan fingerprint density at radius 2 is 2.00 bits per heavy atom. The second-order valence-electron chi connectivity index (χ2n) is 5.02. The minimum absolute atomic E-state index is 0.0656. The van der Waals surface area contributed by atoms with Gasteiger partial charge in [-0.05, 0) is 31.0 Å². The second-order valence-corrected chi connectivity index (χ2v) is 7.42. The maximum absolute atomic E-state index is 13.1. The number of halogens is 2. The van der Waals surface area contributed by atoms with Crippen molar-refractivity contribution < 1.29 is 17.9 Å². The molecule has 7 heteroatoms. The fourth-order valence-corrected chi connectivity index (χ4v) is 4.18. The Balaban J connectivity index is 2.31. The van der Waals surface area contributed by atoms with Crippen molar-refractivity contribution in [2.45, 2.75) is 42.7 Å². The molecule has 2 rings (SSSR count). The molecule has 2 atom stereocenters. The van der Waals surface area contributed by atoms with E-state index in [4.69, 9.17) is 11.6 Å². The summed E-state index contributed by atoms with van der Waals surface area (Å²) in [4.78, 5) is -0.0656. The molecule has 0 saturated heterocycles. The highest BCUT2D eigenvalue weighted by atomic mass is 35.5. The Kier molecular flexibility index (Phi) is 4.69. The SMILES string of the molecule is CN(C1CCCCC1O)S(=O)(=O)c1ccc(F)c(Cl)c1. The van der Waals surface area contributed by atoms with Crippen LogP contribution >= 0.6 is 11.6 Å². The summed E-state index contributed by atoms with van der Waals surface area (Å²) in [5, 5.41) is 9.72. The molecule has 4 nitrogen and oxygen atoms in total. The Morgan fingerprint density at radius 3 is 2.60 bits per heavy atom. The molecule has 1 saturated carbocycles. The predicted octanol–water partition coefficient (Wildman–Crippen LogP) is 2.40. The van der Waals surface area contributed by atoms with E-state index >= 15 is 0 Å². The maximum atomic E-state index is 13.1. The highest BCUT2D eigenvalue weighted by molar-refractivity contribution is 7.89. The van der Waals surface area contributed by atoms with Crippen molar-refractivity contribution in [2.75, 3.05) is 7.05 Å². The fraction of sp³-hybridized carbons (Fsp3) is 0.538. The largest absolute Gasteiger partial charge is 0.391 e. The number of likely N-dealkylation sites (N-methyl/N-ethyl adjacent to an activating group) is 1. The van der Waals surface area contributed by atoms with Crippen LogP contribution in [0.15, 0.2) is 23.1 Å². The van der Waals surface area contributed by atoms with Gasteiger partial charge in [-0.1, -0.05) is 24.4 Å². The Morgan fingerprint density at radius 1 is 1.35 bits per heavy atom. The van der Waals surface area contributed by atoms with Crippen LogP contribution in [-0.4, -0.2) is 37.0 Å². The zero-order chi connectivity index (χ0) is 14.9. The topological polar surface area (TPSA) is 57.6 Å². The van der Waals surface area contributed by atoms with Gasteiger partial charge in [0.2, 0.25) is 10.0 Å². The van der Waals surface area contributed by atoms with E-state index in [2.05, 4.69) is 0 Å². The lowest BCUT2D eigenvalue weighted by Crippen LogP contribution is -2.46. The molecular weight excluding hydrogens is 305 g/mol. The third kappa shape index (κ3) is 2.98. The monoisotopic (exact) mass is 321 g/mol. The first-order valence-electron chi connectivity index (χ1n) is 6.45. The van der Waals surface area contributed by atoms with E-state index in [0.29, 0.717) is 12.8 Å². The van der Waals surface area contributed by atoms with Crippen LogP contribution in [0, 0.1) is 5.82 Å². The number of aliphatic hydroxyl groups is 1. The van der Waals surface area contributed by atoms with Crippen LogP contribution in [-0.2, 0) is 10.0 Å². The van der Waals surface area contributed by atoms with Gasteiger partial charge in [-0.3, -0.25) is 0 Å². The molecule has 0 amide bonds. The summed E-state index contributed by atoms with van der Waals surface area (Å²) in [6.45, 7) is 0. The highest BCUT2D eigenvalue weighted by Gasteiger charge is 2.34. The van der Waals surface area contributed by atoms with Crippen molar-refractivity contribution in [3.05, 3.63) is 29.0 Å². The number of sulfonamides is 1. The van der Waals surface area contributed by atoms with Crippen LogP contribution in [0.3, 0.4) is 0 Å². The van der Waals surface area contributed by atoms with Crippen LogP contribution in [0.25, 0.3) is 0 Å². The molecule has 112 valence electrons. The van der Waals surface area contributed by atoms with E-state index in [9.17, 15) is 17.9 Å². The van der Waals surface area contributed by atoms with E-state index in [-0.39, 0.29) is 9.92 Å². The quantitative estimate of drug-likeness (QED) is 0.930. The van der Waals surface area contributed by atoms with Gasteiger partial charge in [-0.25, -0.2) is 12.8 Å². The lowest BCUT2D eigenvalue weighted by Gasteiger charge is -2.34. The molecule has 1 aliphatic carbocycles. The lowest BCUT2D eigenvalue weighted by atomic mass is 9.93. The van der Waals surface area contributed by atoms with E-state index in [1.807, 2.05) is 0 Å². The number of aliphatic hydroxyl groups excluding tert-OH is 1. The van der Waals surface area contributed by atoms with Crippen molar-refractivity contribution >= 4 is 21.6 Å². The summed E-state index contributed by atoms with van der Waals surface area (Å²) in [7, 11) is -2.35. The summed E-state index contributed by atoms with van der Waals surface area (Å²) in [5.74, 6) is -0.661. The zero-order valence-corrected chi connectivity index (χ0v) is 12.7. The van der Waals surface area contributed by atoms with E-state index in [1.54, 1.807) is 0 Å². The molecule has 1 aromatic carbocycles. The van der Waals surface area contributed by atoms with Gasteiger partial charge in [0.05, 0.1) is 22.1 Å². The van der Waals surface area contributed by atoms with Crippen LogP contribution in [0.5, 0.6) is 0 Å². The van der Waals surface area contributed by atoms with Crippen molar-refractivity contribution in [1.29, 1.82) is 0 Å². The van der Waals surface area contributed by atoms with Crippen molar-refractivity contribution in [3.8, 4) is 0 Å². The summed E-state index contributed by atoms with van der Waals surface area (Å²) in [5.41, 5.74) is 0. The van der Waals surface area contributed by atoms with Gasteiger partial charge in [-0.2, -0.15) is 4.31 Å². The molecule has 0 heterocycles. The number of nitrogens with zero attached hydrogens (tertiary/aromatic N) is 1. The number of rotatable bonds is 3. The molecule has 0 spiro atoms. The highest BCUT2D eigenvalue weighted by Crippen LogP contribution is 2.28. The van der Waals surface area contributed by atoms with E-state index in [1.165, 1.54) is 17.4 Å². The molecular formula is C13H17ClFNO3S. The summed E-state index contributed by atoms with van der Waals surface area (Å²) < 4.78 is 39.2. The van der Waals surface area contributed by atoms with E-state index < -0.39 is 28.0 Å². The van der Waals surface area contributed by atoms with Crippen LogP contribution < -0.4 is 0 Å². The van der Waals surface area contributed by atoms with Crippen LogP contribution in [0.4, 0.5) is 4.39 Å². The van der Waals surface area contributed by atoms with Crippen molar-refractivity contribution in [1.82, 2.24) is 4.31 Å². The average Bonchev–Trinajstić information content (AvgIpc) is 2.41. The number of benzene rings is 1. The summed E-state index contributed by atoms with van der Waals surface area (Å²) in [6, 6.07) is 2.86. The maximum Gasteiger partial charge on any atom is 0.243 e. The van der Waals surface area contributed by atoms with Gasteiger partial charge in [0.1, 0.15) is 5.82 Å². The van der Waals surface area contributed by atoms with Gasteiger partial charge in [0.15, 0.2) is 0 Å². The van der Waals surface area contributed by atoms with Gasteiger partial charge >= 0.3 is 0 Å². The second kappa shape index (κ2) is 5.97. The first-order chi connectivity index (χ1) is 9.34. The minimum Gasteiger partial charge on any atom is -0.391 e. The minimum atomic E-state index is -3.79. The van der Waals surface area contributed by atoms with Crippen molar-refractivity contribution in [2.24, 2.45) is 0 Å². The molecule has 20 heavy (non-hydrogen) atoms. The first-order valence-corrected chi connectivity index (χ1v) is 8.27.